The van der Waals surface area contributed by atoms with Gasteiger partial charge in [0, 0.05) is 22.7 Å². The highest BCUT2D eigenvalue weighted by Crippen LogP contribution is 2.49. The van der Waals surface area contributed by atoms with Gasteiger partial charge in [0.25, 0.3) is 0 Å². The van der Waals surface area contributed by atoms with Crippen molar-refractivity contribution < 1.29 is 27.2 Å². The average Bonchev–Trinajstić information content (AvgIpc) is 2.98. The monoisotopic (exact) mass is 514 g/mol. The fourth-order valence-electron chi connectivity index (χ4n) is 4.91. The Kier molecular flexibility index (Phi) is 6.08. The second-order valence-electron chi connectivity index (χ2n) is 8.71. The molecule has 1 amide bonds. The summed E-state index contributed by atoms with van der Waals surface area (Å²) in [7, 11) is 0. The highest BCUT2D eigenvalue weighted by molar-refractivity contribution is 6.31. The summed E-state index contributed by atoms with van der Waals surface area (Å²) in [6.45, 7) is 0. The largest absolute Gasteiger partial charge is 0.471 e. The van der Waals surface area contributed by atoms with Crippen LogP contribution in [0.25, 0.3) is 0 Å². The molecule has 36 heavy (non-hydrogen) atoms. The number of nitrogens with zero attached hydrogens (tertiary/aromatic N) is 1. The number of para-hydroxylation sites is 2. The van der Waals surface area contributed by atoms with E-state index in [0.717, 1.165) is 5.56 Å². The SMILES string of the molecule is O=C1C[C@H](c2ccc(F)cc2)CC2=C1[C@@H](c1ccccc1Cl)N(C(=O)C(F)(F)F)c1ccccc1N2. The van der Waals surface area contributed by atoms with E-state index in [4.69, 9.17) is 11.6 Å². The van der Waals surface area contributed by atoms with Crippen LogP contribution in [0.1, 0.15) is 35.9 Å². The lowest BCUT2D eigenvalue weighted by molar-refractivity contribution is -0.170. The van der Waals surface area contributed by atoms with Crippen molar-refractivity contribution in [2.24, 2.45) is 0 Å². The standard InChI is InChI=1S/C27H19ClF4N2O2/c28-19-6-2-1-5-18(19)25-24-21(13-16(14-23(24)35)15-9-11-17(29)12-10-15)33-20-7-3-4-8-22(20)34(25)26(36)27(30,31)32/h1-12,16,25,33H,13-14H2/t16-,25-/m1/s1. The highest BCUT2D eigenvalue weighted by atomic mass is 35.5. The maximum Gasteiger partial charge on any atom is 0.471 e. The van der Waals surface area contributed by atoms with Gasteiger partial charge >= 0.3 is 12.1 Å². The van der Waals surface area contributed by atoms with Gasteiger partial charge in [-0.25, -0.2) is 4.39 Å². The van der Waals surface area contributed by atoms with Gasteiger partial charge in [-0.05, 0) is 53.8 Å². The first-order valence-corrected chi connectivity index (χ1v) is 11.6. The minimum atomic E-state index is -5.20. The van der Waals surface area contributed by atoms with Crippen LogP contribution in [0.4, 0.5) is 28.9 Å². The Morgan fingerprint density at radius 1 is 0.944 bits per heavy atom. The number of benzene rings is 3. The molecule has 0 fully saturated rings. The van der Waals surface area contributed by atoms with Crippen LogP contribution in [0.5, 0.6) is 0 Å². The minimum Gasteiger partial charge on any atom is -0.357 e. The molecule has 1 aliphatic heterocycles. The van der Waals surface area contributed by atoms with Gasteiger partial charge in [0.1, 0.15) is 5.82 Å². The van der Waals surface area contributed by atoms with E-state index in [1.54, 1.807) is 36.4 Å². The molecule has 0 aromatic heterocycles. The highest BCUT2D eigenvalue weighted by Gasteiger charge is 2.50. The lowest BCUT2D eigenvalue weighted by atomic mass is 9.78. The number of allylic oxidation sites excluding steroid dienone is 1. The van der Waals surface area contributed by atoms with Crippen molar-refractivity contribution in [1.82, 2.24) is 0 Å². The average molecular weight is 515 g/mol. The van der Waals surface area contributed by atoms with Crippen LogP contribution >= 0.6 is 11.6 Å². The van der Waals surface area contributed by atoms with E-state index in [1.165, 1.54) is 36.4 Å². The van der Waals surface area contributed by atoms with Gasteiger partial charge in [0.05, 0.1) is 17.4 Å². The summed E-state index contributed by atoms with van der Waals surface area (Å²) in [5.41, 5.74) is 1.62. The van der Waals surface area contributed by atoms with Gasteiger partial charge in [-0.3, -0.25) is 14.5 Å². The van der Waals surface area contributed by atoms with Gasteiger partial charge in [-0.2, -0.15) is 13.2 Å². The van der Waals surface area contributed by atoms with Crippen LogP contribution in [-0.2, 0) is 9.59 Å². The van der Waals surface area contributed by atoms with Gasteiger partial charge in [-0.15, -0.1) is 0 Å². The fraction of sp³-hybridized carbons (Fsp3) is 0.185. The summed E-state index contributed by atoms with van der Waals surface area (Å²) < 4.78 is 55.2. The van der Waals surface area contributed by atoms with Gasteiger partial charge < -0.3 is 5.32 Å². The molecular weight excluding hydrogens is 496 g/mol. The number of Topliss-reactive ketones (excluding diaryl/α,β-unsaturated/α-hetero) is 1. The van der Waals surface area contributed by atoms with Crippen molar-refractivity contribution >= 4 is 34.7 Å². The molecule has 3 aromatic carbocycles. The predicted molar refractivity (Wildman–Crippen MR) is 128 cm³/mol. The quantitative estimate of drug-likeness (QED) is 0.377. The maximum absolute atomic E-state index is 13.9. The van der Waals surface area contributed by atoms with Crippen molar-refractivity contribution in [3.63, 3.8) is 0 Å². The normalized spacial score (nSPS) is 19.8. The van der Waals surface area contributed by atoms with E-state index in [-0.39, 0.29) is 46.3 Å². The first-order chi connectivity index (χ1) is 17.1. The first-order valence-electron chi connectivity index (χ1n) is 11.2. The topological polar surface area (TPSA) is 49.4 Å². The van der Waals surface area contributed by atoms with E-state index < -0.39 is 29.7 Å². The zero-order valence-corrected chi connectivity index (χ0v) is 19.4. The van der Waals surface area contributed by atoms with Gasteiger partial charge in [0.2, 0.25) is 0 Å². The van der Waals surface area contributed by atoms with Crippen molar-refractivity contribution in [2.75, 3.05) is 10.2 Å². The Balaban J connectivity index is 1.74. The Morgan fingerprint density at radius 3 is 2.31 bits per heavy atom. The van der Waals surface area contributed by atoms with Crippen LogP contribution in [0.2, 0.25) is 5.02 Å². The molecule has 0 saturated heterocycles. The van der Waals surface area contributed by atoms with Crippen molar-refractivity contribution in [3.05, 3.63) is 106 Å². The van der Waals surface area contributed by atoms with E-state index in [1.807, 2.05) is 0 Å². The summed E-state index contributed by atoms with van der Waals surface area (Å²) >= 11 is 6.43. The number of hydrogen-bond donors (Lipinski definition) is 1. The number of amides is 1. The van der Waals surface area contributed by atoms with Crippen molar-refractivity contribution in [3.8, 4) is 0 Å². The Hall–Kier alpha value is -3.65. The number of alkyl halides is 3. The van der Waals surface area contributed by atoms with Gasteiger partial charge in [-0.1, -0.05) is 54.1 Å². The number of anilines is 2. The molecule has 2 atom stereocenters. The molecular formula is C27H19ClF4N2O2. The number of carbonyl (C=O) groups excluding carboxylic acids is 2. The first kappa shape index (κ1) is 24.1. The molecule has 0 bridgehead atoms. The lowest BCUT2D eigenvalue weighted by Gasteiger charge is -2.35. The molecule has 0 radical (unpaired) electrons. The third-order valence-electron chi connectivity index (χ3n) is 6.49. The molecule has 0 saturated carbocycles. The molecule has 184 valence electrons. The fourth-order valence-corrected chi connectivity index (χ4v) is 5.15. The molecule has 2 aliphatic rings. The van der Waals surface area contributed by atoms with Crippen LogP contribution in [-0.4, -0.2) is 17.9 Å². The molecule has 9 heteroatoms. The van der Waals surface area contributed by atoms with Crippen LogP contribution < -0.4 is 10.2 Å². The van der Waals surface area contributed by atoms with E-state index in [2.05, 4.69) is 5.32 Å². The van der Waals surface area contributed by atoms with E-state index in [0.29, 0.717) is 10.6 Å². The third-order valence-corrected chi connectivity index (χ3v) is 6.84. The summed E-state index contributed by atoms with van der Waals surface area (Å²) in [5.74, 6) is -3.27. The van der Waals surface area contributed by atoms with Crippen LogP contribution in [0.3, 0.4) is 0 Å². The van der Waals surface area contributed by atoms with Crippen molar-refractivity contribution in [2.45, 2.75) is 31.0 Å². The molecule has 0 spiro atoms. The predicted octanol–water partition coefficient (Wildman–Crippen LogP) is 6.94. The van der Waals surface area contributed by atoms with E-state index in [9.17, 15) is 27.2 Å². The van der Waals surface area contributed by atoms with E-state index >= 15 is 0 Å². The molecule has 1 heterocycles. The van der Waals surface area contributed by atoms with Crippen LogP contribution in [0.15, 0.2) is 84.1 Å². The third kappa shape index (κ3) is 4.26. The number of carbonyl (C=O) groups is 2. The number of rotatable bonds is 2. The number of hydrogen-bond acceptors (Lipinski definition) is 3. The second kappa shape index (κ2) is 9.09. The number of ketones is 1. The number of nitrogens with one attached hydrogen (secondary N) is 1. The van der Waals surface area contributed by atoms with Gasteiger partial charge in [0.15, 0.2) is 5.78 Å². The molecule has 4 nitrogen and oxygen atoms in total. The smallest absolute Gasteiger partial charge is 0.357 e. The summed E-state index contributed by atoms with van der Waals surface area (Å²) in [6.07, 6.45) is -4.94. The maximum atomic E-state index is 13.9. The summed E-state index contributed by atoms with van der Waals surface area (Å²) in [6, 6.07) is 16.7. The molecule has 1 N–H and O–H groups in total. The van der Waals surface area contributed by atoms with Crippen molar-refractivity contribution in [1.29, 1.82) is 0 Å². The van der Waals surface area contributed by atoms with Crippen LogP contribution in [0, 0.1) is 5.82 Å². The number of halogens is 5. The molecule has 5 rings (SSSR count). The summed E-state index contributed by atoms with van der Waals surface area (Å²) in [4.78, 5) is 27.2. The number of fused-ring (bicyclic) bond motifs is 1. The molecule has 1 aliphatic carbocycles. The Bertz CT molecular complexity index is 1390. The Labute approximate surface area is 209 Å². The zero-order chi connectivity index (χ0) is 25.6. The summed E-state index contributed by atoms with van der Waals surface area (Å²) in [5, 5.41) is 3.27. The second-order valence-corrected chi connectivity index (χ2v) is 9.12. The lowest BCUT2D eigenvalue weighted by Crippen LogP contribution is -2.45. The zero-order valence-electron chi connectivity index (χ0n) is 18.7. The molecule has 3 aromatic rings. The molecule has 0 unspecified atom stereocenters. The minimum absolute atomic E-state index is 0.0164. The Morgan fingerprint density at radius 2 is 1.61 bits per heavy atom.